The third kappa shape index (κ3) is 3.94. The molecule has 0 saturated carbocycles. The van der Waals surface area contributed by atoms with Crippen molar-refractivity contribution in [3.63, 3.8) is 0 Å². The van der Waals surface area contributed by atoms with Crippen molar-refractivity contribution in [3.8, 4) is 5.75 Å². The maximum absolute atomic E-state index is 12.5. The molecule has 2 aliphatic rings. The lowest BCUT2D eigenvalue weighted by atomic mass is 9.87. The molecule has 2 fully saturated rings. The van der Waals surface area contributed by atoms with Crippen molar-refractivity contribution in [2.24, 2.45) is 0 Å². The van der Waals surface area contributed by atoms with Crippen molar-refractivity contribution < 1.29 is 19.4 Å². The molecule has 178 valence electrons. The number of carboxylic acid groups (broad SMARTS) is 1. The van der Waals surface area contributed by atoms with Crippen molar-refractivity contribution in [1.82, 2.24) is 14.8 Å². The number of carbonyl (C=O) groups excluding carboxylic acids is 1. The molecule has 2 N–H and O–H groups in total. The van der Waals surface area contributed by atoms with Crippen molar-refractivity contribution in [3.05, 3.63) is 64.8 Å². The molecule has 2 aromatic carbocycles. The van der Waals surface area contributed by atoms with Gasteiger partial charge in [-0.25, -0.2) is 4.79 Å². The number of hydrogen-bond donors (Lipinski definition) is 2. The molecule has 2 aliphatic heterocycles. The van der Waals surface area contributed by atoms with Crippen LogP contribution in [-0.2, 0) is 11.3 Å². The first-order valence-electron chi connectivity index (χ1n) is 12.0. The second-order valence-corrected chi connectivity index (χ2v) is 9.39. The molecule has 1 aromatic heterocycles. The lowest BCUT2D eigenvalue weighted by Gasteiger charge is -2.43. The Morgan fingerprint density at radius 1 is 1.24 bits per heavy atom. The topological polar surface area (TPSA) is 85.9 Å². The predicted octanol–water partition coefficient (Wildman–Crippen LogP) is 4.51. The van der Waals surface area contributed by atoms with Crippen LogP contribution >= 0.6 is 0 Å². The Morgan fingerprint density at radius 2 is 2.06 bits per heavy atom. The number of carboxylic acids is 1. The number of likely N-dealkylation sites (tertiary alicyclic amines) is 2. The quantitative estimate of drug-likeness (QED) is 0.564. The van der Waals surface area contributed by atoms with Gasteiger partial charge in [0.25, 0.3) is 0 Å². The molecule has 2 atom stereocenters. The number of benzene rings is 2. The fraction of sp³-hybridized carbons (Fsp3) is 0.407. The minimum Gasteiger partial charge on any atom is -0.496 e. The summed E-state index contributed by atoms with van der Waals surface area (Å²) in [5, 5.41) is 11.0. The van der Waals surface area contributed by atoms with Gasteiger partial charge in [-0.05, 0) is 55.5 Å². The molecule has 7 nitrogen and oxygen atoms in total. The lowest BCUT2D eigenvalue weighted by Crippen LogP contribution is -2.46. The molecular formula is C27H31N3O4. The third-order valence-electron chi connectivity index (χ3n) is 7.48. The zero-order valence-electron chi connectivity index (χ0n) is 19.7. The standard InChI is InChI=1S/C27H31N3O4/c1-17-14-24(34-2)22(20-9-11-28-26(17)20)16-29-13-10-18(30-12-5-8-25(30)31)15-23(29)19-6-3-4-7-21(19)27(32)33/h3-4,6-7,9,11,14,18,23,28H,5,8,10,12-13,15-16H2,1-2H3,(H,32,33). The maximum Gasteiger partial charge on any atom is 0.336 e. The van der Waals surface area contributed by atoms with Gasteiger partial charge in [0.05, 0.1) is 12.7 Å². The number of nitrogens with one attached hydrogen (secondary N) is 1. The lowest BCUT2D eigenvalue weighted by molar-refractivity contribution is -0.131. The summed E-state index contributed by atoms with van der Waals surface area (Å²) in [6.45, 7) is 4.27. The Morgan fingerprint density at radius 3 is 2.79 bits per heavy atom. The number of aromatic amines is 1. The Hall–Kier alpha value is -3.32. The number of hydrogen-bond acceptors (Lipinski definition) is 4. The summed E-state index contributed by atoms with van der Waals surface area (Å²) in [5.74, 6) is 0.139. The van der Waals surface area contributed by atoms with Crippen LogP contribution < -0.4 is 4.74 Å². The van der Waals surface area contributed by atoms with E-state index in [9.17, 15) is 14.7 Å². The first-order chi connectivity index (χ1) is 16.5. The van der Waals surface area contributed by atoms with Crippen molar-refractivity contribution >= 4 is 22.8 Å². The fourth-order valence-electron chi connectivity index (χ4n) is 5.81. The Labute approximate surface area is 199 Å². The van der Waals surface area contributed by atoms with Crippen molar-refractivity contribution in [2.45, 2.75) is 51.2 Å². The number of rotatable bonds is 6. The Kier molecular flexibility index (Phi) is 6.04. The molecule has 3 heterocycles. The van der Waals surface area contributed by atoms with E-state index in [1.807, 2.05) is 23.2 Å². The van der Waals surface area contributed by atoms with E-state index in [0.29, 0.717) is 18.5 Å². The normalized spacial score (nSPS) is 21.4. The van der Waals surface area contributed by atoms with E-state index < -0.39 is 5.97 Å². The highest BCUT2D eigenvalue weighted by atomic mass is 16.5. The second-order valence-electron chi connectivity index (χ2n) is 9.39. The number of methoxy groups -OCH3 is 1. The zero-order valence-corrected chi connectivity index (χ0v) is 19.7. The Bertz CT molecular complexity index is 1230. The second kappa shape index (κ2) is 9.14. The van der Waals surface area contributed by atoms with E-state index in [4.69, 9.17) is 4.74 Å². The molecule has 7 heteroatoms. The Balaban J connectivity index is 1.54. The molecule has 0 radical (unpaired) electrons. The SMILES string of the molecule is COc1cc(C)c2[nH]ccc2c1CN1CCC(N2CCCC2=O)CC1c1ccccc1C(=O)O. The monoisotopic (exact) mass is 461 g/mol. The molecule has 34 heavy (non-hydrogen) atoms. The van der Waals surface area contributed by atoms with Gasteiger partial charge in [0, 0.05) is 60.8 Å². The summed E-state index contributed by atoms with van der Waals surface area (Å²) in [5.41, 5.74) is 4.45. The summed E-state index contributed by atoms with van der Waals surface area (Å²) in [7, 11) is 1.69. The first kappa shape index (κ1) is 22.5. The predicted molar refractivity (Wildman–Crippen MR) is 130 cm³/mol. The molecule has 3 aromatic rings. The van der Waals surface area contributed by atoms with E-state index in [1.54, 1.807) is 19.2 Å². The molecule has 2 saturated heterocycles. The highest BCUT2D eigenvalue weighted by Crippen LogP contribution is 2.39. The number of piperidine rings is 1. The number of aryl methyl sites for hydroxylation is 1. The van der Waals surface area contributed by atoms with Gasteiger partial charge in [-0.1, -0.05) is 18.2 Å². The van der Waals surface area contributed by atoms with Gasteiger partial charge in [-0.2, -0.15) is 0 Å². The van der Waals surface area contributed by atoms with Crippen LogP contribution in [0.4, 0.5) is 0 Å². The number of nitrogens with zero attached hydrogens (tertiary/aromatic N) is 2. The highest BCUT2D eigenvalue weighted by Gasteiger charge is 2.37. The molecule has 2 unspecified atom stereocenters. The van der Waals surface area contributed by atoms with Crippen LogP contribution in [0.15, 0.2) is 42.6 Å². The number of aromatic carboxylic acids is 1. The third-order valence-corrected chi connectivity index (χ3v) is 7.48. The van der Waals surface area contributed by atoms with Gasteiger partial charge >= 0.3 is 5.97 Å². The van der Waals surface area contributed by atoms with Crippen LogP contribution in [0.25, 0.3) is 10.9 Å². The van der Waals surface area contributed by atoms with Gasteiger partial charge in [-0.15, -0.1) is 0 Å². The van der Waals surface area contributed by atoms with Crippen molar-refractivity contribution in [1.29, 1.82) is 0 Å². The van der Waals surface area contributed by atoms with Crippen molar-refractivity contribution in [2.75, 3.05) is 20.2 Å². The minimum absolute atomic E-state index is 0.112. The molecule has 1 amide bonds. The number of H-pyrrole nitrogens is 1. The minimum atomic E-state index is -0.920. The number of amides is 1. The van der Waals surface area contributed by atoms with E-state index in [-0.39, 0.29) is 18.0 Å². The van der Waals surface area contributed by atoms with E-state index >= 15 is 0 Å². The van der Waals surface area contributed by atoms with E-state index in [0.717, 1.165) is 65.7 Å². The summed E-state index contributed by atoms with van der Waals surface area (Å²) < 4.78 is 5.78. The van der Waals surface area contributed by atoms with Crippen LogP contribution in [0.3, 0.4) is 0 Å². The number of carbonyl (C=O) groups is 2. The first-order valence-corrected chi connectivity index (χ1v) is 12.0. The van der Waals surface area contributed by atoms with E-state index in [1.165, 1.54) is 0 Å². The van der Waals surface area contributed by atoms with E-state index in [2.05, 4.69) is 28.9 Å². The van der Waals surface area contributed by atoms with Gasteiger partial charge in [-0.3, -0.25) is 9.69 Å². The highest BCUT2D eigenvalue weighted by molar-refractivity contribution is 5.90. The molecule has 5 rings (SSSR count). The van der Waals surface area contributed by atoms with Crippen LogP contribution in [-0.4, -0.2) is 58.0 Å². The molecule has 0 spiro atoms. The average Bonchev–Trinajstić information content (AvgIpc) is 3.50. The van der Waals surface area contributed by atoms with Gasteiger partial charge < -0.3 is 19.7 Å². The van der Waals surface area contributed by atoms with Crippen LogP contribution in [0.5, 0.6) is 5.75 Å². The molecule has 0 bridgehead atoms. The summed E-state index contributed by atoms with van der Waals surface area (Å²) in [6, 6.07) is 11.4. The zero-order chi connectivity index (χ0) is 23.8. The summed E-state index contributed by atoms with van der Waals surface area (Å²) in [6.07, 6.45) is 5.07. The number of ether oxygens (including phenoxy) is 1. The van der Waals surface area contributed by atoms with Gasteiger partial charge in [0.2, 0.25) is 5.91 Å². The van der Waals surface area contributed by atoms with Gasteiger partial charge in [0.1, 0.15) is 5.75 Å². The number of fused-ring (bicyclic) bond motifs is 1. The molecular weight excluding hydrogens is 430 g/mol. The largest absolute Gasteiger partial charge is 0.496 e. The summed E-state index contributed by atoms with van der Waals surface area (Å²) in [4.78, 5) is 32.3. The van der Waals surface area contributed by atoms with Crippen LogP contribution in [0.2, 0.25) is 0 Å². The average molecular weight is 462 g/mol. The smallest absolute Gasteiger partial charge is 0.336 e. The van der Waals surface area contributed by atoms with Crippen LogP contribution in [0.1, 0.15) is 58.8 Å². The molecule has 0 aliphatic carbocycles. The van der Waals surface area contributed by atoms with Crippen LogP contribution in [0, 0.1) is 6.92 Å². The summed E-state index contributed by atoms with van der Waals surface area (Å²) >= 11 is 0. The van der Waals surface area contributed by atoms with Gasteiger partial charge in [0.15, 0.2) is 0 Å². The maximum atomic E-state index is 12.5. The number of aromatic nitrogens is 1. The fourth-order valence-corrected chi connectivity index (χ4v) is 5.81.